The van der Waals surface area contributed by atoms with Gasteiger partial charge in [0.25, 0.3) is 0 Å². The maximum Gasteiger partial charge on any atom is 0.343 e. The second kappa shape index (κ2) is 5.89. The van der Waals surface area contributed by atoms with Gasteiger partial charge in [0.15, 0.2) is 0 Å². The lowest BCUT2D eigenvalue weighted by Crippen LogP contribution is -2.09. The molecule has 0 N–H and O–H groups in total. The Balaban J connectivity index is 2.02. The second-order valence-corrected chi connectivity index (χ2v) is 5.65. The predicted molar refractivity (Wildman–Crippen MR) is 88.4 cm³/mol. The molecular formula is C18H13ClO4. The molecule has 0 aliphatic carbocycles. The summed E-state index contributed by atoms with van der Waals surface area (Å²) in [5.74, 6) is -0.179. The summed E-state index contributed by atoms with van der Waals surface area (Å²) in [5, 5.41) is 1.26. The van der Waals surface area contributed by atoms with Gasteiger partial charge in [-0.2, -0.15) is 0 Å². The number of benzene rings is 2. The van der Waals surface area contributed by atoms with Crippen molar-refractivity contribution in [3.63, 3.8) is 0 Å². The van der Waals surface area contributed by atoms with Crippen molar-refractivity contribution in [3.05, 3.63) is 74.6 Å². The average molecular weight is 329 g/mol. The minimum absolute atomic E-state index is 0.344. The van der Waals surface area contributed by atoms with Gasteiger partial charge in [0, 0.05) is 22.0 Å². The van der Waals surface area contributed by atoms with Crippen molar-refractivity contribution in [2.24, 2.45) is 0 Å². The van der Waals surface area contributed by atoms with Gasteiger partial charge in [-0.3, -0.25) is 0 Å². The number of halogens is 1. The van der Waals surface area contributed by atoms with Crippen LogP contribution in [0.1, 0.15) is 21.5 Å². The van der Waals surface area contributed by atoms with E-state index in [0.717, 1.165) is 10.9 Å². The molecule has 1 aromatic heterocycles. The number of ether oxygens (including phenoxy) is 1. The van der Waals surface area contributed by atoms with Crippen molar-refractivity contribution < 1.29 is 13.9 Å². The molecule has 0 amide bonds. The van der Waals surface area contributed by atoms with Gasteiger partial charge < -0.3 is 9.15 Å². The molecule has 5 heteroatoms. The van der Waals surface area contributed by atoms with Gasteiger partial charge in [0.1, 0.15) is 11.3 Å². The van der Waals surface area contributed by atoms with Crippen LogP contribution in [-0.4, -0.2) is 5.97 Å². The molecule has 23 heavy (non-hydrogen) atoms. The fraction of sp³-hybridized carbons (Fsp3) is 0.111. The van der Waals surface area contributed by atoms with E-state index in [1.807, 2.05) is 6.92 Å². The minimum Gasteiger partial charge on any atom is -0.423 e. The SMILES string of the molecule is Cc1cc(=O)oc2c(C)c(OC(=O)c3cccc(Cl)c3)ccc12. The Kier molecular flexibility index (Phi) is 3.92. The molecule has 4 nitrogen and oxygen atoms in total. The molecule has 0 aliphatic heterocycles. The van der Waals surface area contributed by atoms with E-state index in [1.165, 1.54) is 12.1 Å². The zero-order chi connectivity index (χ0) is 16.6. The van der Waals surface area contributed by atoms with Gasteiger partial charge in [-0.25, -0.2) is 9.59 Å². The second-order valence-electron chi connectivity index (χ2n) is 5.21. The maximum absolute atomic E-state index is 12.2. The molecule has 0 spiro atoms. The van der Waals surface area contributed by atoms with E-state index in [2.05, 4.69) is 0 Å². The third kappa shape index (κ3) is 2.98. The Labute approximate surface area is 137 Å². The first-order valence-electron chi connectivity index (χ1n) is 6.97. The summed E-state index contributed by atoms with van der Waals surface area (Å²) in [6, 6.07) is 11.4. The summed E-state index contributed by atoms with van der Waals surface area (Å²) in [4.78, 5) is 23.8. The molecule has 0 radical (unpaired) electrons. The molecule has 3 aromatic rings. The van der Waals surface area contributed by atoms with Crippen LogP contribution in [-0.2, 0) is 0 Å². The first kappa shape index (κ1) is 15.3. The molecular weight excluding hydrogens is 316 g/mol. The van der Waals surface area contributed by atoms with Crippen LogP contribution < -0.4 is 10.4 Å². The van der Waals surface area contributed by atoms with E-state index >= 15 is 0 Å². The fourth-order valence-electron chi connectivity index (χ4n) is 2.39. The lowest BCUT2D eigenvalue weighted by Gasteiger charge is -2.10. The molecule has 3 rings (SSSR count). The molecule has 0 saturated carbocycles. The van der Waals surface area contributed by atoms with Crippen molar-refractivity contribution in [2.45, 2.75) is 13.8 Å². The first-order valence-corrected chi connectivity index (χ1v) is 7.35. The maximum atomic E-state index is 12.2. The lowest BCUT2D eigenvalue weighted by atomic mass is 10.1. The van der Waals surface area contributed by atoms with Crippen LogP contribution in [0, 0.1) is 13.8 Å². The highest BCUT2D eigenvalue weighted by Gasteiger charge is 2.14. The van der Waals surface area contributed by atoms with E-state index in [0.29, 0.717) is 27.5 Å². The van der Waals surface area contributed by atoms with Crippen molar-refractivity contribution in [2.75, 3.05) is 0 Å². The summed E-state index contributed by atoms with van der Waals surface area (Å²) in [5.41, 5.74) is 1.75. The highest BCUT2D eigenvalue weighted by atomic mass is 35.5. The largest absolute Gasteiger partial charge is 0.423 e. The van der Waals surface area contributed by atoms with Gasteiger partial charge in [0.2, 0.25) is 0 Å². The predicted octanol–water partition coefficient (Wildman–Crippen LogP) is 4.28. The topological polar surface area (TPSA) is 56.5 Å². The molecule has 0 atom stereocenters. The standard InChI is InChI=1S/C18H13ClO4/c1-10-8-16(20)23-17-11(2)15(7-6-14(10)17)22-18(21)12-4-3-5-13(19)9-12/h3-9H,1-2H3. The van der Waals surface area contributed by atoms with E-state index in [-0.39, 0.29) is 0 Å². The monoisotopic (exact) mass is 328 g/mol. The van der Waals surface area contributed by atoms with E-state index in [4.69, 9.17) is 20.8 Å². The number of esters is 1. The highest BCUT2D eigenvalue weighted by molar-refractivity contribution is 6.30. The summed E-state index contributed by atoms with van der Waals surface area (Å²) in [6.45, 7) is 3.57. The molecule has 0 bridgehead atoms. The summed E-state index contributed by atoms with van der Waals surface area (Å²) in [6.07, 6.45) is 0. The first-order chi connectivity index (χ1) is 11.0. The van der Waals surface area contributed by atoms with Gasteiger partial charge in [-0.1, -0.05) is 17.7 Å². The van der Waals surface area contributed by atoms with E-state index in [9.17, 15) is 9.59 Å². The van der Waals surface area contributed by atoms with Crippen LogP contribution in [0.15, 0.2) is 51.7 Å². The fourth-order valence-corrected chi connectivity index (χ4v) is 2.58. The zero-order valence-corrected chi connectivity index (χ0v) is 13.3. The third-order valence-electron chi connectivity index (χ3n) is 3.58. The van der Waals surface area contributed by atoms with E-state index in [1.54, 1.807) is 37.3 Å². The minimum atomic E-state index is -0.523. The molecule has 116 valence electrons. The van der Waals surface area contributed by atoms with Crippen LogP contribution in [0.5, 0.6) is 5.75 Å². The molecule has 0 fully saturated rings. The van der Waals surface area contributed by atoms with Gasteiger partial charge in [-0.15, -0.1) is 0 Å². The number of hydrogen-bond acceptors (Lipinski definition) is 4. The Bertz CT molecular complexity index is 972. The van der Waals surface area contributed by atoms with Gasteiger partial charge >= 0.3 is 11.6 Å². The van der Waals surface area contributed by atoms with Crippen LogP contribution in [0.2, 0.25) is 5.02 Å². The Hall–Kier alpha value is -2.59. The zero-order valence-electron chi connectivity index (χ0n) is 12.6. The van der Waals surface area contributed by atoms with Crippen LogP contribution >= 0.6 is 11.6 Å². The van der Waals surface area contributed by atoms with Crippen LogP contribution in [0.25, 0.3) is 11.0 Å². The number of rotatable bonds is 2. The molecule has 0 saturated heterocycles. The highest BCUT2D eigenvalue weighted by Crippen LogP contribution is 2.28. The van der Waals surface area contributed by atoms with E-state index < -0.39 is 11.6 Å². The number of carbonyl (C=O) groups excluding carboxylic acids is 1. The Morgan fingerprint density at radius 3 is 2.65 bits per heavy atom. The summed E-state index contributed by atoms with van der Waals surface area (Å²) < 4.78 is 10.7. The van der Waals surface area contributed by atoms with Gasteiger partial charge in [-0.05, 0) is 49.7 Å². The molecule has 1 heterocycles. The smallest absolute Gasteiger partial charge is 0.343 e. The number of fused-ring (bicyclic) bond motifs is 1. The summed E-state index contributed by atoms with van der Waals surface area (Å²) in [7, 11) is 0. The van der Waals surface area contributed by atoms with Gasteiger partial charge in [0.05, 0.1) is 5.56 Å². The molecule has 2 aromatic carbocycles. The third-order valence-corrected chi connectivity index (χ3v) is 3.82. The number of carbonyl (C=O) groups is 1. The lowest BCUT2D eigenvalue weighted by molar-refractivity contribution is 0.0733. The van der Waals surface area contributed by atoms with Crippen LogP contribution in [0.3, 0.4) is 0 Å². The Morgan fingerprint density at radius 2 is 1.91 bits per heavy atom. The van der Waals surface area contributed by atoms with Crippen molar-refractivity contribution >= 4 is 28.5 Å². The van der Waals surface area contributed by atoms with Crippen molar-refractivity contribution in [1.82, 2.24) is 0 Å². The normalized spacial score (nSPS) is 10.7. The Morgan fingerprint density at radius 1 is 1.13 bits per heavy atom. The number of hydrogen-bond donors (Lipinski definition) is 0. The average Bonchev–Trinajstić information content (AvgIpc) is 2.50. The molecule has 0 aliphatic rings. The van der Waals surface area contributed by atoms with Crippen molar-refractivity contribution in [3.8, 4) is 5.75 Å². The summed E-state index contributed by atoms with van der Waals surface area (Å²) >= 11 is 5.88. The van der Waals surface area contributed by atoms with Crippen LogP contribution in [0.4, 0.5) is 0 Å². The quantitative estimate of drug-likeness (QED) is 0.400. The van der Waals surface area contributed by atoms with Crippen molar-refractivity contribution in [1.29, 1.82) is 0 Å². The molecule has 0 unspecified atom stereocenters. The number of aryl methyl sites for hydroxylation is 2.